The highest BCUT2D eigenvalue weighted by Gasteiger charge is 2.25. The number of fused-ring (bicyclic) bond motifs is 1. The minimum Gasteiger partial charge on any atom is -0.335 e. The Hall–Kier alpha value is -2.02. The van der Waals surface area contributed by atoms with Crippen molar-refractivity contribution in [1.29, 1.82) is 0 Å². The van der Waals surface area contributed by atoms with Crippen LogP contribution >= 0.6 is 0 Å². The molecule has 7 heteroatoms. The molecule has 2 aromatic heterocycles. The second-order valence-corrected chi connectivity index (χ2v) is 5.45. The number of nitrogens with one attached hydrogen (secondary N) is 1. The van der Waals surface area contributed by atoms with Crippen molar-refractivity contribution in [3.05, 3.63) is 17.8 Å². The molecule has 1 aliphatic rings. The number of hydrogen-bond acceptors (Lipinski definition) is 5. The van der Waals surface area contributed by atoms with Crippen LogP contribution in [0.25, 0.3) is 11.2 Å². The van der Waals surface area contributed by atoms with Crippen molar-refractivity contribution in [2.75, 3.05) is 26.2 Å². The number of piperazine rings is 1. The molecule has 0 saturated carbocycles. The zero-order valence-corrected chi connectivity index (χ0v) is 12.4. The molecule has 1 amide bonds. The van der Waals surface area contributed by atoms with Crippen LogP contribution in [-0.2, 0) is 0 Å². The molecule has 21 heavy (non-hydrogen) atoms. The van der Waals surface area contributed by atoms with Gasteiger partial charge in [0.1, 0.15) is 11.2 Å². The van der Waals surface area contributed by atoms with Crippen molar-refractivity contribution in [2.45, 2.75) is 26.3 Å². The van der Waals surface area contributed by atoms with E-state index in [1.54, 1.807) is 12.1 Å². The van der Waals surface area contributed by atoms with Gasteiger partial charge in [-0.1, -0.05) is 6.92 Å². The maximum Gasteiger partial charge on any atom is 0.272 e. The summed E-state index contributed by atoms with van der Waals surface area (Å²) in [6.45, 7) is 7.78. The van der Waals surface area contributed by atoms with Crippen LogP contribution in [0.15, 0.2) is 12.1 Å². The summed E-state index contributed by atoms with van der Waals surface area (Å²) in [6.07, 6.45) is 1.14. The van der Waals surface area contributed by atoms with Crippen LogP contribution in [-0.4, -0.2) is 68.3 Å². The number of aromatic nitrogens is 4. The van der Waals surface area contributed by atoms with Crippen molar-refractivity contribution < 1.29 is 4.79 Å². The molecule has 0 bridgehead atoms. The van der Waals surface area contributed by atoms with Gasteiger partial charge in [-0.05, 0) is 25.5 Å². The monoisotopic (exact) mass is 288 g/mol. The number of hydrogen-bond donors (Lipinski definition) is 1. The number of carbonyl (C=O) groups is 1. The Morgan fingerprint density at radius 2 is 2.05 bits per heavy atom. The average Bonchev–Trinajstić information content (AvgIpc) is 3.01. The van der Waals surface area contributed by atoms with E-state index in [9.17, 15) is 4.79 Å². The van der Waals surface area contributed by atoms with E-state index in [4.69, 9.17) is 0 Å². The largest absolute Gasteiger partial charge is 0.335 e. The van der Waals surface area contributed by atoms with Crippen molar-refractivity contribution in [1.82, 2.24) is 30.2 Å². The first-order chi connectivity index (χ1) is 10.2. The van der Waals surface area contributed by atoms with Crippen LogP contribution in [0.1, 0.15) is 30.8 Å². The minimum absolute atomic E-state index is 0.0244. The molecule has 3 heterocycles. The lowest BCUT2D eigenvalue weighted by atomic mass is 10.2. The van der Waals surface area contributed by atoms with Crippen LogP contribution < -0.4 is 0 Å². The lowest BCUT2D eigenvalue weighted by Gasteiger charge is -2.37. The van der Waals surface area contributed by atoms with Crippen molar-refractivity contribution in [2.24, 2.45) is 0 Å². The topological polar surface area (TPSA) is 78.0 Å². The highest BCUT2D eigenvalue weighted by Crippen LogP contribution is 2.13. The van der Waals surface area contributed by atoms with Gasteiger partial charge in [0, 0.05) is 32.2 Å². The Morgan fingerprint density at radius 3 is 2.76 bits per heavy atom. The SMILES string of the molecule is CCC(C)N1CCN(C(=O)c2ccc3n[nH]nc3n2)CC1. The van der Waals surface area contributed by atoms with E-state index in [2.05, 4.69) is 39.1 Å². The molecule has 1 fully saturated rings. The second kappa shape index (κ2) is 5.77. The number of H-pyrrole nitrogens is 1. The quantitative estimate of drug-likeness (QED) is 0.908. The smallest absolute Gasteiger partial charge is 0.272 e. The summed E-state index contributed by atoms with van der Waals surface area (Å²) in [5.74, 6) is -0.0244. The summed E-state index contributed by atoms with van der Waals surface area (Å²) >= 11 is 0. The summed E-state index contributed by atoms with van der Waals surface area (Å²) in [4.78, 5) is 21.1. The number of aromatic amines is 1. The second-order valence-electron chi connectivity index (χ2n) is 5.45. The average molecular weight is 288 g/mol. The van der Waals surface area contributed by atoms with Gasteiger partial charge in [-0.2, -0.15) is 10.3 Å². The number of rotatable bonds is 3. The van der Waals surface area contributed by atoms with Crippen LogP contribution in [0, 0.1) is 0 Å². The van der Waals surface area contributed by atoms with Crippen molar-refractivity contribution in [3.8, 4) is 0 Å². The van der Waals surface area contributed by atoms with Gasteiger partial charge in [0.15, 0.2) is 0 Å². The molecule has 1 atom stereocenters. The molecular weight excluding hydrogens is 268 g/mol. The van der Waals surface area contributed by atoms with E-state index in [-0.39, 0.29) is 5.91 Å². The Bertz CT molecular complexity index is 631. The summed E-state index contributed by atoms with van der Waals surface area (Å²) in [5.41, 5.74) is 1.60. The number of pyridine rings is 1. The molecule has 112 valence electrons. The lowest BCUT2D eigenvalue weighted by molar-refractivity contribution is 0.0574. The third-order valence-corrected chi connectivity index (χ3v) is 4.22. The molecule has 1 aliphatic heterocycles. The highest BCUT2D eigenvalue weighted by atomic mass is 16.2. The van der Waals surface area contributed by atoms with Crippen LogP contribution in [0.3, 0.4) is 0 Å². The van der Waals surface area contributed by atoms with Crippen molar-refractivity contribution in [3.63, 3.8) is 0 Å². The van der Waals surface area contributed by atoms with Gasteiger partial charge < -0.3 is 4.90 Å². The third kappa shape index (κ3) is 2.73. The van der Waals surface area contributed by atoms with Gasteiger partial charge in [0.05, 0.1) is 0 Å². The van der Waals surface area contributed by atoms with Crippen LogP contribution in [0.4, 0.5) is 0 Å². The zero-order valence-electron chi connectivity index (χ0n) is 12.4. The van der Waals surface area contributed by atoms with E-state index in [1.807, 2.05) is 4.90 Å². The van der Waals surface area contributed by atoms with Gasteiger partial charge in [-0.15, -0.1) is 5.10 Å². The molecule has 1 unspecified atom stereocenters. The fraction of sp³-hybridized carbons (Fsp3) is 0.571. The maximum absolute atomic E-state index is 12.5. The molecule has 1 N–H and O–H groups in total. The first-order valence-electron chi connectivity index (χ1n) is 7.40. The number of amides is 1. The van der Waals surface area contributed by atoms with Gasteiger partial charge in [0.2, 0.25) is 5.65 Å². The minimum atomic E-state index is -0.0244. The van der Waals surface area contributed by atoms with E-state index in [0.717, 1.165) is 32.6 Å². The Kier molecular flexibility index (Phi) is 3.83. The summed E-state index contributed by atoms with van der Waals surface area (Å²) in [5, 5.41) is 10.4. The van der Waals surface area contributed by atoms with E-state index >= 15 is 0 Å². The number of nitrogens with zero attached hydrogens (tertiary/aromatic N) is 5. The Balaban J connectivity index is 1.68. The molecular formula is C14H20N6O. The molecule has 0 aliphatic carbocycles. The molecule has 1 saturated heterocycles. The summed E-state index contributed by atoms with van der Waals surface area (Å²) in [7, 11) is 0. The van der Waals surface area contributed by atoms with Gasteiger partial charge >= 0.3 is 0 Å². The predicted molar refractivity (Wildman–Crippen MR) is 78.9 cm³/mol. The zero-order chi connectivity index (χ0) is 14.8. The van der Waals surface area contributed by atoms with Crippen molar-refractivity contribution >= 4 is 17.1 Å². The predicted octanol–water partition coefficient (Wildman–Crippen LogP) is 0.909. The molecule has 0 aromatic carbocycles. The third-order valence-electron chi connectivity index (χ3n) is 4.22. The Morgan fingerprint density at radius 1 is 1.29 bits per heavy atom. The summed E-state index contributed by atoms with van der Waals surface area (Å²) in [6, 6.07) is 4.06. The van der Waals surface area contributed by atoms with E-state index in [0.29, 0.717) is 22.9 Å². The maximum atomic E-state index is 12.5. The fourth-order valence-corrected chi connectivity index (χ4v) is 2.64. The normalized spacial score (nSPS) is 18.1. The van der Waals surface area contributed by atoms with Gasteiger partial charge in [-0.25, -0.2) is 4.98 Å². The first kappa shape index (κ1) is 13.9. The van der Waals surface area contributed by atoms with Crippen LogP contribution in [0.5, 0.6) is 0 Å². The Labute approximate surface area is 123 Å². The number of carbonyl (C=O) groups excluding carboxylic acids is 1. The lowest BCUT2D eigenvalue weighted by Crippen LogP contribution is -2.51. The van der Waals surface area contributed by atoms with Gasteiger partial charge in [-0.3, -0.25) is 9.69 Å². The standard InChI is InChI=1S/C14H20N6O/c1-3-10(2)19-6-8-20(9-7-19)14(21)12-5-4-11-13(15-12)17-18-16-11/h4-5,10H,3,6-9H2,1-2H3,(H,15,16,17,18). The van der Waals surface area contributed by atoms with E-state index in [1.165, 1.54) is 0 Å². The summed E-state index contributed by atoms with van der Waals surface area (Å²) < 4.78 is 0. The van der Waals surface area contributed by atoms with E-state index < -0.39 is 0 Å². The van der Waals surface area contributed by atoms with Gasteiger partial charge in [0.25, 0.3) is 5.91 Å². The molecule has 0 radical (unpaired) electrons. The molecule has 3 rings (SSSR count). The highest BCUT2D eigenvalue weighted by molar-refractivity contribution is 5.94. The molecule has 2 aromatic rings. The fourth-order valence-electron chi connectivity index (χ4n) is 2.64. The van der Waals surface area contributed by atoms with Crippen LogP contribution in [0.2, 0.25) is 0 Å². The molecule has 7 nitrogen and oxygen atoms in total. The first-order valence-corrected chi connectivity index (χ1v) is 7.40. The molecule has 0 spiro atoms.